The SMILES string of the molecule is C[C@@H](N)c1cccnc1Sc1ccc([N+](=O)[O-])cc1. The lowest BCUT2D eigenvalue weighted by Crippen LogP contribution is -2.07. The van der Waals surface area contributed by atoms with Crippen molar-refractivity contribution >= 4 is 17.4 Å². The molecule has 5 nitrogen and oxygen atoms in total. The van der Waals surface area contributed by atoms with Gasteiger partial charge in [-0.05, 0) is 25.1 Å². The zero-order chi connectivity index (χ0) is 13.8. The molecule has 98 valence electrons. The van der Waals surface area contributed by atoms with Crippen LogP contribution < -0.4 is 5.73 Å². The summed E-state index contributed by atoms with van der Waals surface area (Å²) in [6.07, 6.45) is 1.71. The molecule has 19 heavy (non-hydrogen) atoms. The first-order valence-electron chi connectivity index (χ1n) is 5.70. The van der Waals surface area contributed by atoms with Crippen LogP contribution in [0.1, 0.15) is 18.5 Å². The number of benzene rings is 1. The van der Waals surface area contributed by atoms with Gasteiger partial charge in [-0.3, -0.25) is 10.1 Å². The van der Waals surface area contributed by atoms with Crippen LogP contribution in [0.2, 0.25) is 0 Å². The third kappa shape index (κ3) is 3.30. The highest BCUT2D eigenvalue weighted by Gasteiger charge is 2.10. The standard InChI is InChI=1S/C13H13N3O2S/c1-9(14)12-3-2-8-15-13(12)19-11-6-4-10(5-7-11)16(17)18/h2-9H,14H2,1H3/t9-/m1/s1. The van der Waals surface area contributed by atoms with Crippen LogP contribution in [0.25, 0.3) is 0 Å². The van der Waals surface area contributed by atoms with Crippen LogP contribution in [0.3, 0.4) is 0 Å². The van der Waals surface area contributed by atoms with Crippen molar-refractivity contribution in [2.75, 3.05) is 0 Å². The largest absolute Gasteiger partial charge is 0.324 e. The minimum atomic E-state index is -0.414. The van der Waals surface area contributed by atoms with Gasteiger partial charge in [0.25, 0.3) is 5.69 Å². The molecule has 0 radical (unpaired) electrons. The van der Waals surface area contributed by atoms with Crippen molar-refractivity contribution in [1.29, 1.82) is 0 Å². The van der Waals surface area contributed by atoms with E-state index < -0.39 is 4.92 Å². The molecule has 2 N–H and O–H groups in total. The van der Waals surface area contributed by atoms with E-state index >= 15 is 0 Å². The van der Waals surface area contributed by atoms with E-state index in [0.29, 0.717) is 0 Å². The highest BCUT2D eigenvalue weighted by atomic mass is 32.2. The Morgan fingerprint density at radius 2 is 2.00 bits per heavy atom. The van der Waals surface area contributed by atoms with E-state index in [1.807, 2.05) is 19.1 Å². The molecule has 0 aliphatic heterocycles. The molecule has 0 saturated carbocycles. The summed E-state index contributed by atoms with van der Waals surface area (Å²) in [7, 11) is 0. The van der Waals surface area contributed by atoms with Gasteiger partial charge < -0.3 is 5.73 Å². The summed E-state index contributed by atoms with van der Waals surface area (Å²) in [4.78, 5) is 15.4. The van der Waals surface area contributed by atoms with Gasteiger partial charge >= 0.3 is 0 Å². The Bertz CT molecular complexity index is 585. The normalized spacial score (nSPS) is 12.1. The molecule has 0 aliphatic rings. The van der Waals surface area contributed by atoms with Crippen molar-refractivity contribution in [2.24, 2.45) is 5.73 Å². The van der Waals surface area contributed by atoms with Gasteiger partial charge in [0.05, 0.1) is 4.92 Å². The first kappa shape index (κ1) is 13.5. The predicted molar refractivity (Wildman–Crippen MR) is 74.1 cm³/mol. The van der Waals surface area contributed by atoms with Crippen molar-refractivity contribution in [3.05, 3.63) is 58.3 Å². The van der Waals surface area contributed by atoms with Crippen LogP contribution in [0.4, 0.5) is 5.69 Å². The maximum atomic E-state index is 10.6. The quantitative estimate of drug-likeness (QED) is 0.684. The second-order valence-corrected chi connectivity index (χ2v) is 5.10. The van der Waals surface area contributed by atoms with E-state index in [9.17, 15) is 10.1 Å². The lowest BCUT2D eigenvalue weighted by atomic mass is 10.2. The Hall–Kier alpha value is -1.92. The molecular formula is C13H13N3O2S. The molecule has 0 fully saturated rings. The number of rotatable bonds is 4. The maximum Gasteiger partial charge on any atom is 0.269 e. The minimum absolute atomic E-state index is 0.0813. The highest BCUT2D eigenvalue weighted by Crippen LogP contribution is 2.31. The molecule has 2 aromatic rings. The van der Waals surface area contributed by atoms with E-state index in [4.69, 9.17) is 5.73 Å². The second-order valence-electron chi connectivity index (χ2n) is 4.04. The lowest BCUT2D eigenvalue weighted by Gasteiger charge is -2.10. The number of nitrogens with two attached hydrogens (primary N) is 1. The molecular weight excluding hydrogens is 262 g/mol. The number of nitro groups is 1. The fourth-order valence-corrected chi connectivity index (χ4v) is 2.56. The summed E-state index contributed by atoms with van der Waals surface area (Å²) >= 11 is 1.45. The fourth-order valence-electron chi connectivity index (χ4n) is 1.58. The minimum Gasteiger partial charge on any atom is -0.324 e. The molecule has 0 spiro atoms. The summed E-state index contributed by atoms with van der Waals surface area (Å²) in [5.74, 6) is 0. The highest BCUT2D eigenvalue weighted by molar-refractivity contribution is 7.99. The zero-order valence-electron chi connectivity index (χ0n) is 10.3. The number of nitrogens with zero attached hydrogens (tertiary/aromatic N) is 2. The molecule has 0 amide bonds. The van der Waals surface area contributed by atoms with Gasteiger partial charge in [-0.1, -0.05) is 17.8 Å². The van der Waals surface area contributed by atoms with Gasteiger partial charge in [-0.15, -0.1) is 0 Å². The fraction of sp³-hybridized carbons (Fsp3) is 0.154. The summed E-state index contributed by atoms with van der Waals surface area (Å²) < 4.78 is 0. The van der Waals surface area contributed by atoms with Crippen LogP contribution in [-0.4, -0.2) is 9.91 Å². The van der Waals surface area contributed by atoms with E-state index in [2.05, 4.69) is 4.98 Å². The Kier molecular flexibility index (Phi) is 4.13. The number of aromatic nitrogens is 1. The summed E-state index contributed by atoms with van der Waals surface area (Å²) in [5, 5.41) is 11.4. The molecule has 2 rings (SSSR count). The maximum absolute atomic E-state index is 10.6. The second kappa shape index (κ2) is 5.81. The van der Waals surface area contributed by atoms with E-state index in [1.165, 1.54) is 23.9 Å². The van der Waals surface area contributed by atoms with Crippen molar-refractivity contribution in [3.63, 3.8) is 0 Å². The van der Waals surface area contributed by atoms with Crippen LogP contribution >= 0.6 is 11.8 Å². The molecule has 6 heteroatoms. The Morgan fingerprint density at radius 1 is 1.32 bits per heavy atom. The molecule has 1 atom stereocenters. The van der Waals surface area contributed by atoms with E-state index in [-0.39, 0.29) is 11.7 Å². The van der Waals surface area contributed by atoms with Gasteiger partial charge in [0.15, 0.2) is 0 Å². The molecule has 0 saturated heterocycles. The van der Waals surface area contributed by atoms with Crippen molar-refractivity contribution in [2.45, 2.75) is 22.9 Å². The molecule has 1 heterocycles. The molecule has 1 aromatic heterocycles. The van der Waals surface area contributed by atoms with E-state index in [1.54, 1.807) is 18.3 Å². The number of non-ortho nitro benzene ring substituents is 1. The molecule has 0 aliphatic carbocycles. The summed E-state index contributed by atoms with van der Waals surface area (Å²) in [6, 6.07) is 10.1. The predicted octanol–water partition coefficient (Wildman–Crippen LogP) is 3.16. The van der Waals surface area contributed by atoms with Gasteiger partial charge in [0.2, 0.25) is 0 Å². The Balaban J connectivity index is 2.24. The van der Waals surface area contributed by atoms with Crippen molar-refractivity contribution in [1.82, 2.24) is 4.98 Å². The Morgan fingerprint density at radius 3 is 2.58 bits per heavy atom. The number of nitro benzene ring substituents is 1. The van der Waals surface area contributed by atoms with Gasteiger partial charge in [-0.25, -0.2) is 4.98 Å². The average Bonchev–Trinajstić information content (AvgIpc) is 2.39. The monoisotopic (exact) mass is 275 g/mol. The van der Waals surface area contributed by atoms with Crippen LogP contribution in [0, 0.1) is 10.1 Å². The molecule has 1 aromatic carbocycles. The Labute approximate surface area is 115 Å². The lowest BCUT2D eigenvalue weighted by molar-refractivity contribution is -0.384. The van der Waals surface area contributed by atoms with Crippen LogP contribution in [-0.2, 0) is 0 Å². The van der Waals surface area contributed by atoms with Gasteiger partial charge in [-0.2, -0.15) is 0 Å². The summed E-state index contributed by atoms with van der Waals surface area (Å²) in [6.45, 7) is 1.90. The number of pyridine rings is 1. The van der Waals surface area contributed by atoms with E-state index in [0.717, 1.165) is 15.5 Å². The first-order valence-corrected chi connectivity index (χ1v) is 6.52. The first-order chi connectivity index (χ1) is 9.08. The van der Waals surface area contributed by atoms with Crippen molar-refractivity contribution in [3.8, 4) is 0 Å². The molecule has 0 bridgehead atoms. The van der Waals surface area contributed by atoms with Crippen LogP contribution in [0.5, 0.6) is 0 Å². The third-order valence-electron chi connectivity index (χ3n) is 2.55. The zero-order valence-corrected chi connectivity index (χ0v) is 11.1. The van der Waals surface area contributed by atoms with Crippen molar-refractivity contribution < 1.29 is 4.92 Å². The molecule has 0 unspecified atom stereocenters. The van der Waals surface area contributed by atoms with Crippen LogP contribution in [0.15, 0.2) is 52.5 Å². The topological polar surface area (TPSA) is 82.0 Å². The number of hydrogen-bond donors (Lipinski definition) is 1. The third-order valence-corrected chi connectivity index (χ3v) is 3.60. The van der Waals surface area contributed by atoms with Gasteiger partial charge in [0, 0.05) is 34.8 Å². The smallest absolute Gasteiger partial charge is 0.269 e. The van der Waals surface area contributed by atoms with Gasteiger partial charge in [0.1, 0.15) is 5.03 Å². The number of hydrogen-bond acceptors (Lipinski definition) is 5. The average molecular weight is 275 g/mol. The summed E-state index contributed by atoms with van der Waals surface area (Å²) in [5.41, 5.74) is 6.93.